The first-order valence-corrected chi connectivity index (χ1v) is 7.55. The highest BCUT2D eigenvalue weighted by Gasteiger charge is 2.28. The zero-order valence-electron chi connectivity index (χ0n) is 11.0. The highest BCUT2D eigenvalue weighted by molar-refractivity contribution is 7.99. The topological polar surface area (TPSA) is 81.9 Å². The van der Waals surface area contributed by atoms with Gasteiger partial charge in [-0.25, -0.2) is 4.68 Å². The van der Waals surface area contributed by atoms with E-state index in [2.05, 4.69) is 20.8 Å². The van der Waals surface area contributed by atoms with Gasteiger partial charge in [-0.1, -0.05) is 11.8 Å². The summed E-state index contributed by atoms with van der Waals surface area (Å²) >= 11 is 1.38. The number of hydrogen-bond acceptors (Lipinski definition) is 6. The van der Waals surface area contributed by atoms with Gasteiger partial charge in [0.25, 0.3) is 0 Å². The minimum absolute atomic E-state index is 0.00634. The second kappa shape index (κ2) is 7.44. The summed E-state index contributed by atoms with van der Waals surface area (Å²) in [5, 5.41) is 15.1. The normalized spacial score (nSPS) is 14.6. The van der Waals surface area contributed by atoms with Gasteiger partial charge in [0.2, 0.25) is 11.1 Å². The highest BCUT2D eigenvalue weighted by Crippen LogP contribution is 2.36. The molecule has 1 fully saturated rings. The third kappa shape index (κ3) is 4.79. The van der Waals surface area contributed by atoms with E-state index in [9.17, 15) is 4.79 Å². The van der Waals surface area contributed by atoms with Crippen molar-refractivity contribution in [2.24, 2.45) is 0 Å². The van der Waals surface area contributed by atoms with Crippen molar-refractivity contribution in [3.8, 4) is 0 Å². The molecule has 2 rings (SSSR count). The number of ether oxygens (including phenoxy) is 1. The van der Waals surface area contributed by atoms with Gasteiger partial charge in [0.05, 0.1) is 11.8 Å². The number of nitrogens with zero attached hydrogens (tertiary/aromatic N) is 4. The number of aromatic nitrogens is 4. The van der Waals surface area contributed by atoms with Crippen LogP contribution in [0.25, 0.3) is 0 Å². The van der Waals surface area contributed by atoms with Gasteiger partial charge in [-0.05, 0) is 36.6 Å². The summed E-state index contributed by atoms with van der Waals surface area (Å²) in [6, 6.07) is 0.437. The van der Waals surface area contributed by atoms with Crippen molar-refractivity contribution in [1.29, 1.82) is 0 Å². The van der Waals surface area contributed by atoms with Crippen LogP contribution in [0.15, 0.2) is 5.16 Å². The van der Waals surface area contributed by atoms with Crippen molar-refractivity contribution in [2.45, 2.75) is 37.4 Å². The van der Waals surface area contributed by atoms with Crippen molar-refractivity contribution < 1.29 is 9.53 Å². The van der Waals surface area contributed by atoms with Crippen LogP contribution in [0.5, 0.6) is 0 Å². The molecule has 1 saturated carbocycles. The van der Waals surface area contributed by atoms with Crippen molar-refractivity contribution >= 4 is 17.7 Å². The van der Waals surface area contributed by atoms with Gasteiger partial charge >= 0.3 is 0 Å². The van der Waals surface area contributed by atoms with E-state index in [1.807, 2.05) is 11.6 Å². The molecule has 0 saturated heterocycles. The summed E-state index contributed by atoms with van der Waals surface area (Å²) in [5.74, 6) is 0.355. The molecule has 19 heavy (non-hydrogen) atoms. The smallest absolute Gasteiger partial charge is 0.230 e. The summed E-state index contributed by atoms with van der Waals surface area (Å²) in [6.45, 7) is 4.00. The maximum atomic E-state index is 11.6. The summed E-state index contributed by atoms with van der Waals surface area (Å²) < 4.78 is 7.01. The lowest BCUT2D eigenvalue weighted by atomic mass is 10.4. The van der Waals surface area contributed by atoms with Crippen LogP contribution in [0, 0.1) is 0 Å². The zero-order chi connectivity index (χ0) is 13.5. The van der Waals surface area contributed by atoms with Crippen LogP contribution in [-0.4, -0.2) is 51.6 Å². The molecule has 1 aliphatic rings. The van der Waals surface area contributed by atoms with E-state index in [4.69, 9.17) is 4.74 Å². The fourth-order valence-corrected chi connectivity index (χ4v) is 2.33. The Bertz CT molecular complexity index is 408. The number of rotatable bonds is 9. The molecular weight excluding hydrogens is 266 g/mol. The SMILES string of the molecule is CCOCCCNC(=O)CSc1nnnn1C1CC1. The second-order valence-electron chi connectivity index (χ2n) is 4.33. The first-order chi connectivity index (χ1) is 9.31. The van der Waals surface area contributed by atoms with E-state index in [0.717, 1.165) is 24.4 Å². The van der Waals surface area contributed by atoms with Gasteiger partial charge in [0, 0.05) is 19.8 Å². The van der Waals surface area contributed by atoms with Crippen molar-refractivity contribution in [3.63, 3.8) is 0 Å². The molecule has 0 aromatic carbocycles. The molecule has 1 N–H and O–H groups in total. The molecule has 0 radical (unpaired) electrons. The summed E-state index contributed by atoms with van der Waals surface area (Å²) in [5.41, 5.74) is 0. The van der Waals surface area contributed by atoms with Gasteiger partial charge in [0.1, 0.15) is 0 Å². The Balaban J connectivity index is 1.61. The molecule has 1 aromatic rings. The fraction of sp³-hybridized carbons (Fsp3) is 0.818. The molecule has 1 aromatic heterocycles. The summed E-state index contributed by atoms with van der Waals surface area (Å²) in [4.78, 5) is 11.6. The number of amides is 1. The maximum absolute atomic E-state index is 11.6. The van der Waals surface area contributed by atoms with Gasteiger partial charge < -0.3 is 10.1 Å². The van der Waals surface area contributed by atoms with Crippen molar-refractivity contribution in [2.75, 3.05) is 25.5 Å². The first-order valence-electron chi connectivity index (χ1n) is 6.56. The molecule has 106 valence electrons. The summed E-state index contributed by atoms with van der Waals surface area (Å²) in [7, 11) is 0. The molecule has 1 heterocycles. The molecule has 7 nitrogen and oxygen atoms in total. The van der Waals surface area contributed by atoms with Crippen LogP contribution in [0.3, 0.4) is 0 Å². The molecule has 1 aliphatic carbocycles. The number of hydrogen-bond donors (Lipinski definition) is 1. The van der Waals surface area contributed by atoms with Crippen LogP contribution in [0.1, 0.15) is 32.2 Å². The van der Waals surface area contributed by atoms with E-state index in [0.29, 0.717) is 31.6 Å². The van der Waals surface area contributed by atoms with Crippen LogP contribution >= 0.6 is 11.8 Å². The van der Waals surface area contributed by atoms with E-state index < -0.39 is 0 Å². The highest BCUT2D eigenvalue weighted by atomic mass is 32.2. The zero-order valence-corrected chi connectivity index (χ0v) is 11.9. The van der Waals surface area contributed by atoms with E-state index in [1.54, 1.807) is 0 Å². The lowest BCUT2D eigenvalue weighted by Gasteiger charge is -2.05. The largest absolute Gasteiger partial charge is 0.382 e. The fourth-order valence-electron chi connectivity index (χ4n) is 1.56. The Morgan fingerprint density at radius 3 is 3.16 bits per heavy atom. The van der Waals surface area contributed by atoms with Crippen LogP contribution in [-0.2, 0) is 9.53 Å². The predicted molar refractivity (Wildman–Crippen MR) is 70.9 cm³/mol. The molecule has 1 amide bonds. The van der Waals surface area contributed by atoms with E-state index >= 15 is 0 Å². The minimum Gasteiger partial charge on any atom is -0.382 e. The van der Waals surface area contributed by atoms with Gasteiger partial charge in [-0.3, -0.25) is 4.79 Å². The third-order valence-corrected chi connectivity index (χ3v) is 3.61. The minimum atomic E-state index is 0.00634. The molecule has 0 unspecified atom stereocenters. The van der Waals surface area contributed by atoms with Crippen LogP contribution < -0.4 is 5.32 Å². The van der Waals surface area contributed by atoms with Gasteiger partial charge in [0.15, 0.2) is 0 Å². The number of tetrazole rings is 1. The predicted octanol–water partition coefficient (Wildman–Crippen LogP) is 0.643. The number of carbonyl (C=O) groups is 1. The van der Waals surface area contributed by atoms with Crippen molar-refractivity contribution in [1.82, 2.24) is 25.5 Å². The van der Waals surface area contributed by atoms with E-state index in [1.165, 1.54) is 11.8 Å². The van der Waals surface area contributed by atoms with E-state index in [-0.39, 0.29) is 5.91 Å². The Labute approximate surface area is 116 Å². The Hall–Kier alpha value is -1.15. The molecule has 0 bridgehead atoms. The first kappa shape index (κ1) is 14.3. The Morgan fingerprint density at radius 1 is 1.58 bits per heavy atom. The third-order valence-electron chi connectivity index (χ3n) is 2.68. The standard InChI is InChI=1S/C11H19N5O2S/c1-2-18-7-3-6-12-10(17)8-19-11-13-14-15-16(11)9-4-5-9/h9H,2-8H2,1H3,(H,12,17). The molecule has 0 atom stereocenters. The number of nitrogens with one attached hydrogen (secondary N) is 1. The average molecular weight is 285 g/mol. The molecular formula is C11H19N5O2S. The second-order valence-corrected chi connectivity index (χ2v) is 5.27. The van der Waals surface area contributed by atoms with Crippen LogP contribution in [0.2, 0.25) is 0 Å². The quantitative estimate of drug-likeness (QED) is 0.530. The molecule has 0 spiro atoms. The molecule has 0 aliphatic heterocycles. The van der Waals surface area contributed by atoms with Crippen molar-refractivity contribution in [3.05, 3.63) is 0 Å². The molecule has 8 heteroatoms. The Kier molecular flexibility index (Phi) is 5.59. The monoisotopic (exact) mass is 285 g/mol. The summed E-state index contributed by atoms with van der Waals surface area (Å²) in [6.07, 6.45) is 3.09. The van der Waals surface area contributed by atoms with Gasteiger partial charge in [-0.15, -0.1) is 5.10 Å². The van der Waals surface area contributed by atoms with Crippen LogP contribution in [0.4, 0.5) is 0 Å². The lowest BCUT2D eigenvalue weighted by Crippen LogP contribution is -2.27. The average Bonchev–Trinajstić information content (AvgIpc) is 3.15. The Morgan fingerprint density at radius 2 is 2.42 bits per heavy atom. The maximum Gasteiger partial charge on any atom is 0.230 e. The number of thioether (sulfide) groups is 1. The number of carbonyl (C=O) groups excluding carboxylic acids is 1. The van der Waals surface area contributed by atoms with Gasteiger partial charge in [-0.2, -0.15) is 0 Å². The lowest BCUT2D eigenvalue weighted by molar-refractivity contribution is -0.118.